The van der Waals surface area contributed by atoms with E-state index in [-0.39, 0.29) is 0 Å². The standard InChI is InChI=1S/C13H25NO/c1-10(2)14-9-11(8-12(14)15)6-7-13(3,4)5/h10-11H,6-9H2,1-5H3. The summed E-state index contributed by atoms with van der Waals surface area (Å²) in [6.45, 7) is 12.0. The van der Waals surface area contributed by atoms with Crippen LogP contribution in [0.15, 0.2) is 0 Å². The van der Waals surface area contributed by atoms with Crippen LogP contribution in [0.3, 0.4) is 0 Å². The van der Waals surface area contributed by atoms with Crippen LogP contribution in [0.2, 0.25) is 0 Å². The highest BCUT2D eigenvalue weighted by atomic mass is 16.2. The Bertz CT molecular complexity index is 227. The normalized spacial score (nSPS) is 22.9. The van der Waals surface area contributed by atoms with Crippen molar-refractivity contribution in [1.82, 2.24) is 4.90 Å². The predicted octanol–water partition coefficient (Wildman–Crippen LogP) is 3.07. The van der Waals surface area contributed by atoms with Gasteiger partial charge in [-0.1, -0.05) is 20.8 Å². The number of carbonyl (C=O) groups excluding carboxylic acids is 1. The number of hydrogen-bond acceptors (Lipinski definition) is 1. The van der Waals surface area contributed by atoms with E-state index in [2.05, 4.69) is 34.6 Å². The van der Waals surface area contributed by atoms with Crippen molar-refractivity contribution in [2.45, 2.75) is 59.9 Å². The SMILES string of the molecule is CC(C)N1CC(CCC(C)(C)C)CC1=O. The average molecular weight is 211 g/mol. The summed E-state index contributed by atoms with van der Waals surface area (Å²) in [5, 5.41) is 0. The second-order valence-electron chi connectivity index (χ2n) is 6.31. The van der Waals surface area contributed by atoms with Crippen molar-refractivity contribution in [3.63, 3.8) is 0 Å². The maximum Gasteiger partial charge on any atom is 0.223 e. The second kappa shape index (κ2) is 4.54. The van der Waals surface area contributed by atoms with Crippen molar-refractivity contribution in [3.8, 4) is 0 Å². The summed E-state index contributed by atoms with van der Waals surface area (Å²) in [5.41, 5.74) is 0.397. The van der Waals surface area contributed by atoms with Crippen LogP contribution in [-0.4, -0.2) is 23.4 Å². The van der Waals surface area contributed by atoms with Gasteiger partial charge < -0.3 is 4.90 Å². The Morgan fingerprint density at radius 2 is 2.00 bits per heavy atom. The molecule has 1 saturated heterocycles. The Labute approximate surface area is 94.0 Å². The zero-order valence-corrected chi connectivity index (χ0v) is 10.8. The van der Waals surface area contributed by atoms with Crippen LogP contribution in [0.4, 0.5) is 0 Å². The summed E-state index contributed by atoms with van der Waals surface area (Å²) >= 11 is 0. The molecular weight excluding hydrogens is 186 g/mol. The van der Waals surface area contributed by atoms with E-state index in [1.54, 1.807) is 0 Å². The predicted molar refractivity (Wildman–Crippen MR) is 63.6 cm³/mol. The van der Waals surface area contributed by atoms with E-state index in [1.165, 1.54) is 12.8 Å². The van der Waals surface area contributed by atoms with E-state index < -0.39 is 0 Å². The fourth-order valence-electron chi connectivity index (χ4n) is 2.14. The van der Waals surface area contributed by atoms with Crippen molar-refractivity contribution in [3.05, 3.63) is 0 Å². The first-order chi connectivity index (χ1) is 6.79. The van der Waals surface area contributed by atoms with Crippen LogP contribution >= 0.6 is 0 Å². The van der Waals surface area contributed by atoms with E-state index >= 15 is 0 Å². The zero-order chi connectivity index (χ0) is 11.6. The van der Waals surface area contributed by atoms with Gasteiger partial charge in [0, 0.05) is 19.0 Å². The minimum atomic E-state index is 0.351. The van der Waals surface area contributed by atoms with Crippen molar-refractivity contribution < 1.29 is 4.79 Å². The highest BCUT2D eigenvalue weighted by Gasteiger charge is 2.31. The smallest absolute Gasteiger partial charge is 0.223 e. The Kier molecular flexibility index (Phi) is 3.80. The molecule has 0 saturated carbocycles. The first-order valence-corrected chi connectivity index (χ1v) is 6.09. The zero-order valence-electron chi connectivity index (χ0n) is 10.8. The van der Waals surface area contributed by atoms with Crippen LogP contribution in [0.5, 0.6) is 0 Å². The number of nitrogens with zero attached hydrogens (tertiary/aromatic N) is 1. The summed E-state index contributed by atoms with van der Waals surface area (Å²) in [5.74, 6) is 0.947. The van der Waals surface area contributed by atoms with Crippen LogP contribution in [-0.2, 0) is 4.79 Å². The average Bonchev–Trinajstić information content (AvgIpc) is 2.42. The van der Waals surface area contributed by atoms with Crippen molar-refractivity contribution in [2.75, 3.05) is 6.54 Å². The fraction of sp³-hybridized carbons (Fsp3) is 0.923. The summed E-state index contributed by atoms with van der Waals surface area (Å²) < 4.78 is 0. The highest BCUT2D eigenvalue weighted by molar-refractivity contribution is 5.78. The molecule has 1 rings (SSSR count). The molecule has 1 aliphatic rings. The molecule has 2 heteroatoms. The summed E-state index contributed by atoms with van der Waals surface area (Å²) in [7, 11) is 0. The molecule has 1 heterocycles. The van der Waals surface area contributed by atoms with Gasteiger partial charge in [-0.15, -0.1) is 0 Å². The van der Waals surface area contributed by atoms with Gasteiger partial charge in [0.25, 0.3) is 0 Å². The van der Waals surface area contributed by atoms with Gasteiger partial charge in [-0.25, -0.2) is 0 Å². The quantitative estimate of drug-likeness (QED) is 0.702. The van der Waals surface area contributed by atoms with Gasteiger partial charge in [-0.2, -0.15) is 0 Å². The lowest BCUT2D eigenvalue weighted by Crippen LogP contribution is -2.32. The number of amides is 1. The molecule has 0 radical (unpaired) electrons. The molecule has 88 valence electrons. The third-order valence-electron chi connectivity index (χ3n) is 3.16. The maximum absolute atomic E-state index is 11.7. The molecule has 0 N–H and O–H groups in total. The van der Waals surface area contributed by atoms with E-state index in [4.69, 9.17) is 0 Å². The molecule has 0 bridgehead atoms. The van der Waals surface area contributed by atoms with Gasteiger partial charge in [-0.05, 0) is 38.0 Å². The van der Waals surface area contributed by atoms with Crippen LogP contribution in [0.1, 0.15) is 53.9 Å². The van der Waals surface area contributed by atoms with E-state index in [9.17, 15) is 4.79 Å². The molecule has 0 aromatic rings. The Morgan fingerprint density at radius 1 is 1.40 bits per heavy atom. The molecule has 1 unspecified atom stereocenters. The first kappa shape index (κ1) is 12.5. The van der Waals surface area contributed by atoms with E-state index in [1.807, 2.05) is 4.90 Å². The van der Waals surface area contributed by atoms with E-state index in [0.29, 0.717) is 23.3 Å². The number of rotatable bonds is 3. The van der Waals surface area contributed by atoms with Crippen LogP contribution in [0.25, 0.3) is 0 Å². The Balaban J connectivity index is 2.39. The molecule has 1 aliphatic heterocycles. The molecule has 15 heavy (non-hydrogen) atoms. The lowest BCUT2D eigenvalue weighted by Gasteiger charge is -2.22. The van der Waals surface area contributed by atoms with Crippen LogP contribution < -0.4 is 0 Å². The molecule has 0 aliphatic carbocycles. The number of likely N-dealkylation sites (tertiary alicyclic amines) is 1. The van der Waals surface area contributed by atoms with Gasteiger partial charge in [0.05, 0.1) is 0 Å². The van der Waals surface area contributed by atoms with Crippen molar-refractivity contribution >= 4 is 5.91 Å². The molecular formula is C13H25NO. The molecule has 0 aromatic heterocycles. The monoisotopic (exact) mass is 211 g/mol. The third kappa shape index (κ3) is 3.84. The molecule has 2 nitrogen and oxygen atoms in total. The fourth-order valence-corrected chi connectivity index (χ4v) is 2.14. The lowest BCUT2D eigenvalue weighted by molar-refractivity contribution is -0.129. The molecule has 1 atom stereocenters. The summed E-state index contributed by atoms with van der Waals surface area (Å²) in [4.78, 5) is 13.7. The van der Waals surface area contributed by atoms with Gasteiger partial charge in [-0.3, -0.25) is 4.79 Å². The minimum Gasteiger partial charge on any atom is -0.340 e. The topological polar surface area (TPSA) is 20.3 Å². The number of carbonyl (C=O) groups is 1. The summed E-state index contributed by atoms with van der Waals surface area (Å²) in [6.07, 6.45) is 3.18. The largest absolute Gasteiger partial charge is 0.340 e. The second-order valence-corrected chi connectivity index (χ2v) is 6.31. The van der Waals surface area contributed by atoms with Gasteiger partial charge in [0.2, 0.25) is 5.91 Å². The van der Waals surface area contributed by atoms with E-state index in [0.717, 1.165) is 13.0 Å². The Morgan fingerprint density at radius 3 is 2.40 bits per heavy atom. The molecule has 1 amide bonds. The number of hydrogen-bond donors (Lipinski definition) is 0. The van der Waals surface area contributed by atoms with Crippen molar-refractivity contribution in [2.24, 2.45) is 11.3 Å². The van der Waals surface area contributed by atoms with Crippen molar-refractivity contribution in [1.29, 1.82) is 0 Å². The summed E-state index contributed by atoms with van der Waals surface area (Å²) in [6, 6.07) is 0.372. The van der Waals surface area contributed by atoms with Gasteiger partial charge in [0.1, 0.15) is 0 Å². The van der Waals surface area contributed by atoms with Gasteiger partial charge >= 0.3 is 0 Å². The molecule has 0 spiro atoms. The highest BCUT2D eigenvalue weighted by Crippen LogP contribution is 2.29. The first-order valence-electron chi connectivity index (χ1n) is 6.09. The Hall–Kier alpha value is -0.530. The third-order valence-corrected chi connectivity index (χ3v) is 3.16. The molecule has 1 fully saturated rings. The lowest BCUT2D eigenvalue weighted by atomic mass is 9.86. The maximum atomic E-state index is 11.7. The minimum absolute atomic E-state index is 0.351. The molecule has 0 aromatic carbocycles. The van der Waals surface area contributed by atoms with Gasteiger partial charge in [0.15, 0.2) is 0 Å². The van der Waals surface area contributed by atoms with Crippen LogP contribution in [0, 0.1) is 11.3 Å².